The van der Waals surface area contributed by atoms with Crippen molar-refractivity contribution in [2.24, 2.45) is 0 Å². The second kappa shape index (κ2) is 4.82. The van der Waals surface area contributed by atoms with E-state index in [1.807, 2.05) is 0 Å². The van der Waals surface area contributed by atoms with Crippen molar-refractivity contribution in [3.05, 3.63) is 35.8 Å². The van der Waals surface area contributed by atoms with E-state index in [2.05, 4.69) is 14.6 Å². The maximum Gasteiger partial charge on any atom is 0.337 e. The van der Waals surface area contributed by atoms with Crippen LogP contribution in [0, 0.1) is 6.57 Å². The van der Waals surface area contributed by atoms with Gasteiger partial charge < -0.3 is 9.30 Å². The maximum atomic E-state index is 11.2. The van der Waals surface area contributed by atoms with Gasteiger partial charge in [-0.15, -0.1) is 0 Å². The molecule has 0 aromatic carbocycles. The van der Waals surface area contributed by atoms with Crippen molar-refractivity contribution in [1.29, 1.82) is 0 Å². The molecule has 0 aliphatic rings. The van der Waals surface area contributed by atoms with Crippen LogP contribution in [-0.2, 0) is 9.53 Å². The molecule has 0 aliphatic heterocycles. The lowest BCUT2D eigenvalue weighted by Crippen LogP contribution is -2.05. The molecule has 0 radical (unpaired) electrons. The van der Waals surface area contributed by atoms with Crippen LogP contribution in [0.3, 0.4) is 0 Å². The minimum absolute atomic E-state index is 0.0650. The summed E-state index contributed by atoms with van der Waals surface area (Å²) in [6.45, 7) is 8.74. The highest BCUT2D eigenvalue weighted by Crippen LogP contribution is 2.02. The first kappa shape index (κ1) is 9.99. The van der Waals surface area contributed by atoms with Gasteiger partial charge in [0.05, 0.1) is 19.5 Å². The highest BCUT2D eigenvalue weighted by atomic mass is 16.5. The average Bonchev–Trinajstić information content (AvgIpc) is 2.66. The van der Waals surface area contributed by atoms with Gasteiger partial charge in [0.2, 0.25) is 0 Å². The summed E-state index contributed by atoms with van der Waals surface area (Å²) in [6, 6.07) is 0. The van der Waals surface area contributed by atoms with Crippen molar-refractivity contribution >= 4 is 12.2 Å². The Balaban J connectivity index is 2.83. The number of hydrogen-bond donors (Lipinski definition) is 0. The maximum absolute atomic E-state index is 11.2. The van der Waals surface area contributed by atoms with Crippen molar-refractivity contribution in [2.45, 2.75) is 6.92 Å². The highest BCUT2D eigenvalue weighted by molar-refractivity contribution is 5.93. The fourth-order valence-corrected chi connectivity index (χ4v) is 0.819. The quantitative estimate of drug-likeness (QED) is 0.409. The Hall–Kier alpha value is -2.09. The highest BCUT2D eigenvalue weighted by Gasteiger charge is 2.09. The third-order valence-corrected chi connectivity index (χ3v) is 1.40. The summed E-state index contributed by atoms with van der Waals surface area (Å²) in [5.41, 5.74) is -0.0650. The lowest BCUT2D eigenvalue weighted by atomic mass is 10.5. The molecule has 1 heterocycles. The van der Waals surface area contributed by atoms with Gasteiger partial charge in [0.25, 0.3) is 5.70 Å². The van der Waals surface area contributed by atoms with E-state index in [9.17, 15) is 4.79 Å². The molecule has 72 valence electrons. The first-order valence-corrected chi connectivity index (χ1v) is 4.01. The van der Waals surface area contributed by atoms with Crippen LogP contribution in [0.5, 0.6) is 0 Å². The van der Waals surface area contributed by atoms with Crippen LogP contribution in [0.15, 0.2) is 24.4 Å². The van der Waals surface area contributed by atoms with Crippen molar-refractivity contribution < 1.29 is 9.53 Å². The van der Waals surface area contributed by atoms with Crippen molar-refractivity contribution in [1.82, 2.24) is 9.55 Å². The van der Waals surface area contributed by atoms with Crippen molar-refractivity contribution in [3.63, 3.8) is 0 Å². The number of ether oxygens (including phenoxy) is 1. The standard InChI is InChI=1S/C9H9N3O2/c1-3-14-9(13)8(10-2)6-12-5-4-11-7-12/h4-7H,3H2,1H3/b8-6+. The Kier molecular flexibility index (Phi) is 3.44. The molecule has 5 nitrogen and oxygen atoms in total. The Morgan fingerprint density at radius 2 is 2.57 bits per heavy atom. The van der Waals surface area contributed by atoms with Crippen LogP contribution in [-0.4, -0.2) is 22.1 Å². The molecule has 0 N–H and O–H groups in total. The van der Waals surface area contributed by atoms with Crippen LogP contribution < -0.4 is 0 Å². The molecule has 0 saturated carbocycles. The van der Waals surface area contributed by atoms with E-state index in [0.717, 1.165) is 0 Å². The van der Waals surface area contributed by atoms with Gasteiger partial charge in [0.15, 0.2) is 0 Å². The molecule has 0 amide bonds. The third-order valence-electron chi connectivity index (χ3n) is 1.40. The fraction of sp³-hybridized carbons (Fsp3) is 0.222. The first-order valence-electron chi connectivity index (χ1n) is 4.01. The Morgan fingerprint density at radius 3 is 3.07 bits per heavy atom. The molecule has 14 heavy (non-hydrogen) atoms. The topological polar surface area (TPSA) is 48.5 Å². The first-order chi connectivity index (χ1) is 6.77. The molecule has 0 atom stereocenters. The van der Waals surface area contributed by atoms with Crippen molar-refractivity contribution in [2.75, 3.05) is 6.61 Å². The SMILES string of the molecule is [C-]#[N+]/C(=C/n1ccnc1)C(=O)OCC. The lowest BCUT2D eigenvalue weighted by Gasteiger charge is -1.99. The summed E-state index contributed by atoms with van der Waals surface area (Å²) in [5, 5.41) is 0. The minimum atomic E-state index is -0.615. The normalized spacial score (nSPS) is 10.7. The van der Waals surface area contributed by atoms with Crippen LogP contribution in [0.4, 0.5) is 0 Å². The van der Waals surface area contributed by atoms with Gasteiger partial charge in [-0.25, -0.2) is 9.83 Å². The number of rotatable bonds is 3. The van der Waals surface area contributed by atoms with Crippen LogP contribution in [0.2, 0.25) is 0 Å². The number of aromatic nitrogens is 2. The number of carbonyl (C=O) groups excluding carboxylic acids is 1. The third kappa shape index (κ3) is 2.45. The zero-order valence-electron chi connectivity index (χ0n) is 7.67. The van der Waals surface area contributed by atoms with Gasteiger partial charge in [0, 0.05) is 18.6 Å². The van der Waals surface area contributed by atoms with Gasteiger partial charge in [-0.2, -0.15) is 0 Å². The van der Waals surface area contributed by atoms with Gasteiger partial charge in [-0.3, -0.25) is 4.79 Å². The Morgan fingerprint density at radius 1 is 1.79 bits per heavy atom. The van der Waals surface area contributed by atoms with Gasteiger partial charge >= 0.3 is 5.97 Å². The molecule has 0 aliphatic carbocycles. The van der Waals surface area contributed by atoms with Gasteiger partial charge in [-0.05, 0) is 6.92 Å². The van der Waals surface area contributed by atoms with E-state index in [-0.39, 0.29) is 12.3 Å². The molecule has 0 spiro atoms. The second-order valence-corrected chi connectivity index (χ2v) is 2.36. The summed E-state index contributed by atoms with van der Waals surface area (Å²) < 4.78 is 6.21. The molecule has 1 aromatic heterocycles. The number of nitrogens with zero attached hydrogens (tertiary/aromatic N) is 3. The van der Waals surface area contributed by atoms with Crippen LogP contribution >= 0.6 is 0 Å². The predicted octanol–water partition coefficient (Wildman–Crippen LogP) is 1.16. The summed E-state index contributed by atoms with van der Waals surface area (Å²) in [5.74, 6) is -0.615. The van der Waals surface area contributed by atoms with E-state index in [4.69, 9.17) is 6.57 Å². The summed E-state index contributed by atoms with van der Waals surface area (Å²) in [4.78, 5) is 18.0. The zero-order chi connectivity index (χ0) is 10.4. The molecule has 0 unspecified atom stereocenters. The largest absolute Gasteiger partial charge is 0.471 e. The summed E-state index contributed by atoms with van der Waals surface area (Å²) in [6.07, 6.45) is 6.05. The monoisotopic (exact) mass is 191 g/mol. The molecule has 0 fully saturated rings. The van der Waals surface area contributed by atoms with E-state index >= 15 is 0 Å². The van der Waals surface area contributed by atoms with E-state index < -0.39 is 5.97 Å². The summed E-state index contributed by atoms with van der Waals surface area (Å²) in [7, 11) is 0. The molecule has 1 rings (SSSR count). The molecule has 0 bridgehead atoms. The number of esters is 1. The zero-order valence-corrected chi connectivity index (χ0v) is 7.67. The van der Waals surface area contributed by atoms with Gasteiger partial charge in [0.1, 0.15) is 0 Å². The summed E-state index contributed by atoms with van der Waals surface area (Å²) >= 11 is 0. The Labute approximate surface area is 81.4 Å². The molecular formula is C9H9N3O2. The average molecular weight is 191 g/mol. The van der Waals surface area contributed by atoms with Crippen LogP contribution in [0.25, 0.3) is 11.0 Å². The van der Waals surface area contributed by atoms with Crippen LogP contribution in [0.1, 0.15) is 6.92 Å². The molecule has 0 saturated heterocycles. The number of carbonyl (C=O) groups is 1. The predicted molar refractivity (Wildman–Crippen MR) is 49.7 cm³/mol. The molecule has 5 heteroatoms. The minimum Gasteiger partial charge on any atom is -0.471 e. The second-order valence-electron chi connectivity index (χ2n) is 2.36. The van der Waals surface area contributed by atoms with E-state index in [1.54, 1.807) is 19.3 Å². The fourth-order valence-electron chi connectivity index (χ4n) is 0.819. The smallest absolute Gasteiger partial charge is 0.337 e. The van der Waals surface area contributed by atoms with E-state index in [0.29, 0.717) is 0 Å². The number of imidazole rings is 1. The van der Waals surface area contributed by atoms with Gasteiger partial charge in [-0.1, -0.05) is 0 Å². The molecule has 1 aromatic rings. The Bertz CT molecular complexity index is 373. The molecular weight excluding hydrogens is 182 g/mol. The number of hydrogen-bond acceptors (Lipinski definition) is 3. The lowest BCUT2D eigenvalue weighted by molar-refractivity contribution is -0.138. The van der Waals surface area contributed by atoms with E-state index in [1.165, 1.54) is 17.1 Å². The van der Waals surface area contributed by atoms with Crippen molar-refractivity contribution in [3.8, 4) is 0 Å².